The number of nitriles is 1. The summed E-state index contributed by atoms with van der Waals surface area (Å²) < 4.78 is 18.8. The number of rotatable bonds is 12. The minimum atomic E-state index is -0.996. The molecule has 0 fully saturated rings. The van der Waals surface area contributed by atoms with Gasteiger partial charge >= 0.3 is 5.97 Å². The standard InChI is InChI=1S/C29H31FN2O4/c1-29(2,15-3-4-20-5-13-25(30)14-6-20)32-18-26(33)19-36-27-16-23(11-12-24(27)17-31)21-7-9-22(10-8-21)28(34)35/h5-14,16,26,32-33H,3-4,15,18-19H2,1-2H3,(H,34,35). The molecule has 0 aromatic heterocycles. The lowest BCUT2D eigenvalue weighted by Gasteiger charge is -2.28. The molecule has 0 heterocycles. The fourth-order valence-electron chi connectivity index (χ4n) is 3.83. The highest BCUT2D eigenvalue weighted by molar-refractivity contribution is 5.88. The van der Waals surface area contributed by atoms with Crippen molar-refractivity contribution in [2.45, 2.75) is 44.8 Å². The van der Waals surface area contributed by atoms with Gasteiger partial charge in [0.2, 0.25) is 0 Å². The number of aliphatic hydroxyl groups is 1. The second-order valence-electron chi connectivity index (χ2n) is 9.41. The molecule has 3 aromatic carbocycles. The van der Waals surface area contributed by atoms with Crippen molar-refractivity contribution in [3.63, 3.8) is 0 Å². The van der Waals surface area contributed by atoms with E-state index in [1.807, 2.05) is 0 Å². The number of carboxylic acid groups (broad SMARTS) is 1. The van der Waals surface area contributed by atoms with Crippen LogP contribution < -0.4 is 10.1 Å². The van der Waals surface area contributed by atoms with Crippen LogP contribution in [0.2, 0.25) is 0 Å². The van der Waals surface area contributed by atoms with Gasteiger partial charge in [0.15, 0.2) is 0 Å². The van der Waals surface area contributed by atoms with Crippen molar-refractivity contribution in [2.24, 2.45) is 0 Å². The molecule has 3 aromatic rings. The molecular formula is C29H31FN2O4. The first-order chi connectivity index (χ1) is 17.2. The molecule has 0 spiro atoms. The number of halogens is 1. The van der Waals surface area contributed by atoms with E-state index in [-0.39, 0.29) is 23.5 Å². The maximum atomic E-state index is 13.0. The van der Waals surface area contributed by atoms with Gasteiger partial charge in [0.25, 0.3) is 0 Å². The van der Waals surface area contributed by atoms with Gasteiger partial charge in [-0.2, -0.15) is 5.26 Å². The molecule has 3 rings (SSSR count). The largest absolute Gasteiger partial charge is 0.489 e. The number of carboxylic acids is 1. The van der Waals surface area contributed by atoms with Gasteiger partial charge in [-0.05, 0) is 86.2 Å². The van der Waals surface area contributed by atoms with Crippen LogP contribution in [-0.4, -0.2) is 41.0 Å². The molecule has 188 valence electrons. The molecule has 0 saturated heterocycles. The Labute approximate surface area is 211 Å². The molecule has 1 atom stereocenters. The van der Waals surface area contributed by atoms with Crippen LogP contribution in [-0.2, 0) is 6.42 Å². The van der Waals surface area contributed by atoms with Crippen LogP contribution >= 0.6 is 0 Å². The van der Waals surface area contributed by atoms with Crippen molar-refractivity contribution in [1.82, 2.24) is 5.32 Å². The third-order valence-corrected chi connectivity index (χ3v) is 6.00. The van der Waals surface area contributed by atoms with Crippen molar-refractivity contribution in [1.29, 1.82) is 5.26 Å². The van der Waals surface area contributed by atoms with E-state index in [0.717, 1.165) is 36.0 Å². The normalized spacial score (nSPS) is 12.1. The van der Waals surface area contributed by atoms with Gasteiger partial charge in [0.1, 0.15) is 30.3 Å². The Bertz CT molecular complexity index is 1200. The predicted octanol–water partition coefficient (Wildman–Crippen LogP) is 5.19. The van der Waals surface area contributed by atoms with Crippen LogP contribution in [0.5, 0.6) is 5.75 Å². The summed E-state index contributed by atoms with van der Waals surface area (Å²) in [4.78, 5) is 11.1. The van der Waals surface area contributed by atoms with Gasteiger partial charge in [0.05, 0.1) is 11.1 Å². The van der Waals surface area contributed by atoms with Crippen LogP contribution in [0.1, 0.15) is 48.2 Å². The Morgan fingerprint density at radius 2 is 1.75 bits per heavy atom. The Kier molecular flexibility index (Phi) is 9.18. The zero-order valence-corrected chi connectivity index (χ0v) is 20.5. The van der Waals surface area contributed by atoms with Crippen molar-refractivity contribution < 1.29 is 24.1 Å². The number of aryl methyl sites for hydroxylation is 1. The minimum absolute atomic E-state index is 0.00868. The van der Waals surface area contributed by atoms with Crippen LogP contribution in [0.15, 0.2) is 66.7 Å². The molecule has 0 aliphatic heterocycles. The molecule has 3 N–H and O–H groups in total. The summed E-state index contributed by atoms with van der Waals surface area (Å²) >= 11 is 0. The number of hydrogen-bond donors (Lipinski definition) is 3. The van der Waals surface area contributed by atoms with Gasteiger partial charge in [-0.3, -0.25) is 0 Å². The van der Waals surface area contributed by atoms with Gasteiger partial charge < -0.3 is 20.3 Å². The Morgan fingerprint density at radius 3 is 2.39 bits per heavy atom. The summed E-state index contributed by atoms with van der Waals surface area (Å²) in [5, 5.41) is 32.4. The summed E-state index contributed by atoms with van der Waals surface area (Å²) in [5.74, 6) is -0.876. The molecule has 0 radical (unpaired) electrons. The zero-order chi connectivity index (χ0) is 26.1. The van der Waals surface area contributed by atoms with Crippen LogP contribution in [0, 0.1) is 17.1 Å². The monoisotopic (exact) mass is 490 g/mol. The van der Waals surface area contributed by atoms with E-state index in [9.17, 15) is 19.6 Å². The lowest BCUT2D eigenvalue weighted by atomic mass is 9.95. The fourth-order valence-corrected chi connectivity index (χ4v) is 3.83. The first-order valence-electron chi connectivity index (χ1n) is 11.8. The molecule has 0 saturated carbocycles. The number of hydrogen-bond acceptors (Lipinski definition) is 5. The van der Waals surface area contributed by atoms with Gasteiger partial charge in [-0.25, -0.2) is 9.18 Å². The molecular weight excluding hydrogens is 459 g/mol. The maximum absolute atomic E-state index is 13.0. The average Bonchev–Trinajstić information content (AvgIpc) is 2.87. The van der Waals surface area contributed by atoms with Crippen LogP contribution in [0.3, 0.4) is 0 Å². The van der Waals surface area contributed by atoms with E-state index in [0.29, 0.717) is 17.9 Å². The number of benzene rings is 3. The van der Waals surface area contributed by atoms with E-state index >= 15 is 0 Å². The van der Waals surface area contributed by atoms with Gasteiger partial charge in [-0.1, -0.05) is 30.3 Å². The van der Waals surface area contributed by atoms with Crippen molar-refractivity contribution >= 4 is 5.97 Å². The molecule has 36 heavy (non-hydrogen) atoms. The van der Waals surface area contributed by atoms with Gasteiger partial charge in [0, 0.05) is 12.1 Å². The molecule has 0 amide bonds. The second kappa shape index (κ2) is 12.3. The third kappa shape index (κ3) is 7.91. The fraction of sp³-hybridized carbons (Fsp3) is 0.310. The van der Waals surface area contributed by atoms with Crippen molar-refractivity contribution in [3.05, 3.63) is 89.2 Å². The number of ether oxygens (including phenoxy) is 1. The van der Waals surface area contributed by atoms with Crippen LogP contribution in [0.4, 0.5) is 4.39 Å². The zero-order valence-electron chi connectivity index (χ0n) is 20.5. The lowest BCUT2D eigenvalue weighted by molar-refractivity contribution is 0.0697. The molecule has 7 heteroatoms. The van der Waals surface area contributed by atoms with E-state index in [1.54, 1.807) is 42.5 Å². The number of carbonyl (C=O) groups is 1. The quantitative estimate of drug-likeness (QED) is 0.323. The number of aliphatic hydroxyl groups excluding tert-OH is 1. The van der Waals surface area contributed by atoms with E-state index in [2.05, 4.69) is 25.2 Å². The number of aromatic carboxylic acids is 1. The molecule has 6 nitrogen and oxygen atoms in total. The summed E-state index contributed by atoms with van der Waals surface area (Å²) in [5.41, 5.74) is 2.99. The molecule has 0 aliphatic rings. The second-order valence-corrected chi connectivity index (χ2v) is 9.41. The highest BCUT2D eigenvalue weighted by atomic mass is 19.1. The third-order valence-electron chi connectivity index (χ3n) is 6.00. The smallest absolute Gasteiger partial charge is 0.335 e. The van der Waals surface area contributed by atoms with E-state index in [1.165, 1.54) is 24.3 Å². The summed E-state index contributed by atoms with van der Waals surface area (Å²) in [6.07, 6.45) is 1.86. The number of nitrogens with zero attached hydrogens (tertiary/aromatic N) is 1. The van der Waals surface area contributed by atoms with E-state index < -0.39 is 12.1 Å². The highest BCUT2D eigenvalue weighted by Gasteiger charge is 2.19. The Balaban J connectivity index is 1.51. The number of nitrogens with one attached hydrogen (secondary N) is 1. The highest BCUT2D eigenvalue weighted by Crippen LogP contribution is 2.27. The van der Waals surface area contributed by atoms with Gasteiger partial charge in [-0.15, -0.1) is 0 Å². The van der Waals surface area contributed by atoms with Crippen molar-refractivity contribution in [3.8, 4) is 22.9 Å². The maximum Gasteiger partial charge on any atom is 0.335 e. The first kappa shape index (κ1) is 26.9. The summed E-state index contributed by atoms with van der Waals surface area (Å²) in [6, 6.07) is 20.2. The first-order valence-corrected chi connectivity index (χ1v) is 11.8. The molecule has 0 bridgehead atoms. The lowest BCUT2D eigenvalue weighted by Crippen LogP contribution is -2.44. The Hall–Kier alpha value is -3.73. The SMILES string of the molecule is CC(C)(CCCc1ccc(F)cc1)NCC(O)COc1cc(-c2ccc(C(=O)O)cc2)ccc1C#N. The summed E-state index contributed by atoms with van der Waals surface area (Å²) in [7, 11) is 0. The van der Waals surface area contributed by atoms with Crippen LogP contribution in [0.25, 0.3) is 11.1 Å². The predicted molar refractivity (Wildman–Crippen MR) is 136 cm³/mol. The minimum Gasteiger partial charge on any atom is -0.489 e. The number of β-amino-alcohol motifs (C(OH)–C–C–N with tert-alkyl or cyclic N) is 1. The summed E-state index contributed by atoms with van der Waals surface area (Å²) in [6.45, 7) is 4.47. The Morgan fingerprint density at radius 1 is 1.08 bits per heavy atom. The van der Waals surface area contributed by atoms with Crippen molar-refractivity contribution in [2.75, 3.05) is 13.2 Å². The topological polar surface area (TPSA) is 103 Å². The average molecular weight is 491 g/mol. The molecule has 1 unspecified atom stereocenters. The van der Waals surface area contributed by atoms with E-state index in [4.69, 9.17) is 9.84 Å². The molecule has 0 aliphatic carbocycles.